The van der Waals surface area contributed by atoms with Gasteiger partial charge in [0.15, 0.2) is 5.75 Å². The maximum absolute atomic E-state index is 13.3. The lowest BCUT2D eigenvalue weighted by molar-refractivity contribution is -0.116. The molecule has 0 heterocycles. The van der Waals surface area contributed by atoms with E-state index in [4.69, 9.17) is 10.5 Å². The van der Waals surface area contributed by atoms with Gasteiger partial charge in [-0.05, 0) is 31.5 Å². The van der Waals surface area contributed by atoms with Gasteiger partial charge in [0.2, 0.25) is 5.91 Å². The first-order chi connectivity index (χ1) is 12.1. The zero-order chi connectivity index (χ0) is 18.1. The number of rotatable bonds is 9. The minimum Gasteiger partial charge on any atom is -0.455 e. The topological polar surface area (TPSA) is 64.4 Å². The lowest BCUT2D eigenvalue weighted by Crippen LogP contribution is -2.11. The van der Waals surface area contributed by atoms with Gasteiger partial charge in [0.1, 0.15) is 17.4 Å². The molecule has 3 N–H and O–H groups in total. The van der Waals surface area contributed by atoms with Crippen LogP contribution in [0.5, 0.6) is 11.5 Å². The predicted molar refractivity (Wildman–Crippen MR) is 93.6 cm³/mol. The summed E-state index contributed by atoms with van der Waals surface area (Å²) in [6.07, 6.45) is 4.10. The summed E-state index contributed by atoms with van der Waals surface area (Å²) < 4.78 is 32.1. The van der Waals surface area contributed by atoms with Crippen LogP contribution in [0.15, 0.2) is 42.5 Å². The Balaban J connectivity index is 1.96. The molecule has 0 unspecified atom stereocenters. The summed E-state index contributed by atoms with van der Waals surface area (Å²) in [4.78, 5) is 12.0. The average molecular weight is 348 g/mol. The van der Waals surface area contributed by atoms with E-state index in [-0.39, 0.29) is 11.7 Å². The van der Waals surface area contributed by atoms with E-state index in [9.17, 15) is 13.6 Å². The van der Waals surface area contributed by atoms with Crippen LogP contribution in [-0.4, -0.2) is 12.5 Å². The van der Waals surface area contributed by atoms with Crippen molar-refractivity contribution in [2.24, 2.45) is 5.73 Å². The second kappa shape index (κ2) is 9.74. The second-order valence-electron chi connectivity index (χ2n) is 5.70. The first-order valence-corrected chi connectivity index (χ1v) is 8.31. The van der Waals surface area contributed by atoms with Crippen molar-refractivity contribution in [1.29, 1.82) is 0 Å². The van der Waals surface area contributed by atoms with Crippen molar-refractivity contribution in [2.75, 3.05) is 11.9 Å². The summed E-state index contributed by atoms with van der Waals surface area (Å²) in [5, 5.41) is 2.77. The van der Waals surface area contributed by atoms with Crippen molar-refractivity contribution < 1.29 is 18.3 Å². The van der Waals surface area contributed by atoms with E-state index in [2.05, 4.69) is 5.32 Å². The summed E-state index contributed by atoms with van der Waals surface area (Å²) in [7, 11) is 0. The van der Waals surface area contributed by atoms with Crippen LogP contribution in [0.2, 0.25) is 0 Å². The van der Waals surface area contributed by atoms with Crippen LogP contribution in [0.1, 0.15) is 32.1 Å². The summed E-state index contributed by atoms with van der Waals surface area (Å²) in [5.74, 6) is -1.23. The Morgan fingerprint density at radius 3 is 2.40 bits per heavy atom. The number of nitrogens with two attached hydrogens (primary N) is 1. The van der Waals surface area contributed by atoms with Gasteiger partial charge in [-0.2, -0.15) is 0 Å². The quantitative estimate of drug-likeness (QED) is 0.651. The van der Waals surface area contributed by atoms with Gasteiger partial charge in [0.05, 0.1) is 5.69 Å². The van der Waals surface area contributed by atoms with Gasteiger partial charge in [-0.25, -0.2) is 8.78 Å². The van der Waals surface area contributed by atoms with Crippen molar-refractivity contribution in [3.05, 3.63) is 54.1 Å². The highest BCUT2D eigenvalue weighted by Crippen LogP contribution is 2.30. The number of ether oxygens (including phenoxy) is 1. The Hall–Kier alpha value is -2.47. The third-order valence-electron chi connectivity index (χ3n) is 3.58. The Labute approximate surface area is 146 Å². The number of para-hydroxylation sites is 2. The van der Waals surface area contributed by atoms with Crippen LogP contribution in [-0.2, 0) is 4.79 Å². The van der Waals surface area contributed by atoms with Crippen LogP contribution in [0.3, 0.4) is 0 Å². The molecule has 6 heteroatoms. The maximum atomic E-state index is 13.3. The fourth-order valence-electron chi connectivity index (χ4n) is 2.37. The standard InChI is InChI=1S/C19H22F2N2O2/c20-14-11-15(21)13-16(12-14)25-18-8-5-4-7-17(18)23-19(24)9-3-1-2-6-10-22/h4-5,7-8,11-13H,1-3,6,9-10,22H2,(H,23,24). The van der Waals surface area contributed by atoms with Gasteiger partial charge in [-0.1, -0.05) is 25.0 Å². The van der Waals surface area contributed by atoms with Crippen LogP contribution >= 0.6 is 0 Å². The molecule has 0 fully saturated rings. The average Bonchev–Trinajstić information content (AvgIpc) is 2.55. The fourth-order valence-corrected chi connectivity index (χ4v) is 2.37. The van der Waals surface area contributed by atoms with E-state index < -0.39 is 11.6 Å². The number of hydrogen-bond acceptors (Lipinski definition) is 3. The van der Waals surface area contributed by atoms with Gasteiger partial charge in [0, 0.05) is 24.6 Å². The minimum atomic E-state index is -0.728. The zero-order valence-electron chi connectivity index (χ0n) is 13.9. The fraction of sp³-hybridized carbons (Fsp3) is 0.316. The molecule has 0 aromatic heterocycles. The number of unbranched alkanes of at least 4 members (excludes halogenated alkanes) is 3. The lowest BCUT2D eigenvalue weighted by atomic mass is 10.1. The van der Waals surface area contributed by atoms with E-state index >= 15 is 0 Å². The van der Waals surface area contributed by atoms with E-state index in [1.165, 1.54) is 0 Å². The molecule has 0 atom stereocenters. The highest BCUT2D eigenvalue weighted by atomic mass is 19.1. The molecular weight excluding hydrogens is 326 g/mol. The molecule has 4 nitrogen and oxygen atoms in total. The Morgan fingerprint density at radius 1 is 1.00 bits per heavy atom. The zero-order valence-corrected chi connectivity index (χ0v) is 13.9. The van der Waals surface area contributed by atoms with Gasteiger partial charge >= 0.3 is 0 Å². The molecule has 2 aromatic rings. The molecule has 0 aliphatic heterocycles. The molecule has 0 bridgehead atoms. The normalized spacial score (nSPS) is 10.5. The van der Waals surface area contributed by atoms with Gasteiger partial charge in [0.25, 0.3) is 0 Å². The Morgan fingerprint density at radius 2 is 1.68 bits per heavy atom. The molecule has 134 valence electrons. The summed E-state index contributed by atoms with van der Waals surface area (Å²) in [6, 6.07) is 9.70. The van der Waals surface area contributed by atoms with Crippen LogP contribution in [0, 0.1) is 11.6 Å². The van der Waals surface area contributed by atoms with Crippen molar-refractivity contribution in [2.45, 2.75) is 32.1 Å². The third-order valence-corrected chi connectivity index (χ3v) is 3.58. The molecule has 0 aliphatic rings. The van der Waals surface area contributed by atoms with Crippen molar-refractivity contribution in [3.63, 3.8) is 0 Å². The molecule has 0 radical (unpaired) electrons. The predicted octanol–water partition coefficient (Wildman–Crippen LogP) is 4.60. The molecule has 25 heavy (non-hydrogen) atoms. The van der Waals surface area contributed by atoms with E-state index in [1.54, 1.807) is 24.3 Å². The lowest BCUT2D eigenvalue weighted by Gasteiger charge is -2.12. The van der Waals surface area contributed by atoms with Gasteiger partial charge in [-0.15, -0.1) is 0 Å². The molecule has 0 spiro atoms. The molecule has 2 rings (SSSR count). The SMILES string of the molecule is NCCCCCCC(=O)Nc1ccccc1Oc1cc(F)cc(F)c1. The van der Waals surface area contributed by atoms with Gasteiger partial charge in [-0.3, -0.25) is 4.79 Å². The Bertz CT molecular complexity index is 687. The first-order valence-electron chi connectivity index (χ1n) is 8.31. The number of carbonyl (C=O) groups excluding carboxylic acids is 1. The first kappa shape index (κ1) is 18.9. The minimum absolute atomic E-state index is 0.0287. The maximum Gasteiger partial charge on any atom is 0.224 e. The summed E-state index contributed by atoms with van der Waals surface area (Å²) in [6.45, 7) is 0.664. The molecule has 0 saturated carbocycles. The highest BCUT2D eigenvalue weighted by Gasteiger charge is 2.10. The monoisotopic (exact) mass is 348 g/mol. The van der Waals surface area contributed by atoms with Crippen molar-refractivity contribution in [1.82, 2.24) is 0 Å². The molecule has 0 aliphatic carbocycles. The summed E-state index contributed by atoms with van der Waals surface area (Å²) >= 11 is 0. The molecule has 1 amide bonds. The van der Waals surface area contributed by atoms with E-state index in [0.29, 0.717) is 24.4 Å². The van der Waals surface area contributed by atoms with Crippen LogP contribution in [0.25, 0.3) is 0 Å². The number of amides is 1. The number of nitrogens with one attached hydrogen (secondary N) is 1. The molecule has 0 saturated heterocycles. The van der Waals surface area contributed by atoms with Crippen LogP contribution in [0.4, 0.5) is 14.5 Å². The number of halogens is 2. The van der Waals surface area contributed by atoms with Gasteiger partial charge < -0.3 is 15.8 Å². The van der Waals surface area contributed by atoms with Crippen LogP contribution < -0.4 is 15.8 Å². The van der Waals surface area contributed by atoms with E-state index in [0.717, 1.165) is 43.9 Å². The Kier molecular flexibility index (Phi) is 7.35. The highest BCUT2D eigenvalue weighted by molar-refractivity contribution is 5.92. The van der Waals surface area contributed by atoms with Crippen molar-refractivity contribution >= 4 is 11.6 Å². The number of carbonyl (C=O) groups is 1. The number of anilines is 1. The molecule has 2 aromatic carbocycles. The third kappa shape index (κ3) is 6.51. The van der Waals surface area contributed by atoms with E-state index in [1.807, 2.05) is 0 Å². The smallest absolute Gasteiger partial charge is 0.224 e. The largest absolute Gasteiger partial charge is 0.455 e. The number of benzene rings is 2. The molecular formula is C19H22F2N2O2. The summed E-state index contributed by atoms with van der Waals surface area (Å²) in [5.41, 5.74) is 5.89. The number of hydrogen-bond donors (Lipinski definition) is 2. The van der Waals surface area contributed by atoms with Crippen molar-refractivity contribution in [3.8, 4) is 11.5 Å². The second-order valence-corrected chi connectivity index (χ2v) is 5.70.